The largest absolute Gasteiger partial charge is 0.352 e. The lowest BCUT2D eigenvalue weighted by Gasteiger charge is -2.26. The van der Waals surface area contributed by atoms with Crippen LogP contribution in [-0.4, -0.2) is 54.4 Å². The summed E-state index contributed by atoms with van der Waals surface area (Å²) >= 11 is 1.45. The molecule has 2 bridgehead atoms. The van der Waals surface area contributed by atoms with Crippen molar-refractivity contribution in [1.29, 1.82) is 0 Å². The first-order valence-corrected chi connectivity index (χ1v) is 11.0. The molecular formula is C20H23N9S. The zero-order chi connectivity index (χ0) is 20.2. The van der Waals surface area contributed by atoms with Gasteiger partial charge in [0, 0.05) is 49.6 Å². The van der Waals surface area contributed by atoms with Crippen LogP contribution in [0.3, 0.4) is 0 Å². The molecule has 2 fully saturated rings. The molecule has 2 aliphatic rings. The van der Waals surface area contributed by atoms with Crippen molar-refractivity contribution in [2.75, 3.05) is 29.9 Å². The number of nitrogens with zero attached hydrogens (tertiary/aromatic N) is 7. The molecule has 6 rings (SSSR count). The van der Waals surface area contributed by atoms with E-state index in [9.17, 15) is 0 Å². The Labute approximate surface area is 177 Å². The Kier molecular flexibility index (Phi) is 4.03. The molecule has 154 valence electrons. The molecule has 0 aliphatic carbocycles. The van der Waals surface area contributed by atoms with Crippen LogP contribution in [0.5, 0.6) is 0 Å². The number of anilines is 3. The third kappa shape index (κ3) is 2.94. The SMILES string of the molecule is Cc1cc(Nc2cc(N3C[C@H]4CNC[C@@H]3C4)nc3c(-c4cnn(C)c4)cnn23)sn1. The summed E-state index contributed by atoms with van der Waals surface area (Å²) in [5.41, 5.74) is 3.83. The number of hydrogen-bond acceptors (Lipinski definition) is 8. The van der Waals surface area contributed by atoms with Crippen LogP contribution in [-0.2, 0) is 7.05 Å². The number of aryl methyl sites for hydroxylation is 2. The van der Waals surface area contributed by atoms with Crippen molar-refractivity contribution in [2.45, 2.75) is 19.4 Å². The highest BCUT2D eigenvalue weighted by atomic mass is 32.1. The van der Waals surface area contributed by atoms with Crippen LogP contribution >= 0.6 is 11.5 Å². The maximum absolute atomic E-state index is 5.08. The van der Waals surface area contributed by atoms with Gasteiger partial charge in [-0.2, -0.15) is 19.1 Å². The van der Waals surface area contributed by atoms with Crippen molar-refractivity contribution in [2.24, 2.45) is 13.0 Å². The number of nitrogens with one attached hydrogen (secondary N) is 2. The normalized spacial score (nSPS) is 20.9. The molecule has 2 saturated heterocycles. The van der Waals surface area contributed by atoms with Gasteiger partial charge in [0.1, 0.15) is 16.6 Å². The molecule has 6 heterocycles. The van der Waals surface area contributed by atoms with Gasteiger partial charge in [-0.25, -0.2) is 4.98 Å². The molecule has 0 radical (unpaired) electrons. The molecule has 0 aromatic carbocycles. The molecular weight excluding hydrogens is 398 g/mol. The zero-order valence-electron chi connectivity index (χ0n) is 16.9. The van der Waals surface area contributed by atoms with Gasteiger partial charge in [-0.1, -0.05) is 0 Å². The van der Waals surface area contributed by atoms with E-state index < -0.39 is 0 Å². The second-order valence-electron chi connectivity index (χ2n) is 8.22. The Morgan fingerprint density at radius 3 is 2.90 bits per heavy atom. The lowest BCUT2D eigenvalue weighted by molar-refractivity contribution is 0.433. The second-order valence-corrected chi connectivity index (χ2v) is 9.02. The first-order valence-electron chi connectivity index (χ1n) is 10.2. The Hall–Kier alpha value is -2.98. The molecule has 10 heteroatoms. The van der Waals surface area contributed by atoms with Gasteiger partial charge in [0.2, 0.25) is 0 Å². The van der Waals surface area contributed by atoms with Crippen LogP contribution in [0.25, 0.3) is 16.8 Å². The topological polar surface area (TPSA) is 88.2 Å². The predicted octanol–water partition coefficient (Wildman–Crippen LogP) is 2.44. The minimum Gasteiger partial charge on any atom is -0.352 e. The number of rotatable bonds is 4. The van der Waals surface area contributed by atoms with Crippen molar-refractivity contribution in [3.8, 4) is 11.1 Å². The highest BCUT2D eigenvalue weighted by Gasteiger charge is 2.36. The van der Waals surface area contributed by atoms with Crippen LogP contribution in [0.4, 0.5) is 16.6 Å². The van der Waals surface area contributed by atoms with E-state index >= 15 is 0 Å². The quantitative estimate of drug-likeness (QED) is 0.523. The molecule has 0 unspecified atom stereocenters. The second kappa shape index (κ2) is 6.78. The summed E-state index contributed by atoms with van der Waals surface area (Å²) in [6.07, 6.45) is 6.96. The van der Waals surface area contributed by atoms with E-state index in [0.29, 0.717) is 12.0 Å². The maximum atomic E-state index is 5.08. The van der Waals surface area contributed by atoms with Gasteiger partial charge in [0.15, 0.2) is 5.65 Å². The van der Waals surface area contributed by atoms with E-state index in [-0.39, 0.29) is 0 Å². The molecule has 0 amide bonds. The Bertz CT molecular complexity index is 1220. The van der Waals surface area contributed by atoms with Crippen molar-refractivity contribution >= 4 is 33.8 Å². The lowest BCUT2D eigenvalue weighted by atomic mass is 10.0. The molecule has 4 aromatic rings. The first-order chi connectivity index (χ1) is 14.6. The molecule has 2 atom stereocenters. The van der Waals surface area contributed by atoms with Crippen LogP contribution < -0.4 is 15.5 Å². The molecule has 0 spiro atoms. The summed E-state index contributed by atoms with van der Waals surface area (Å²) < 4.78 is 8.08. The molecule has 2 N–H and O–H groups in total. The standard InChI is InChI=1S/C20H23N9S/c1-12-3-19(30-26-12)24-18-5-17(28-10-13-4-15(28)8-21-6-13)25-20-16(9-23-29(18)20)14-7-22-27(2)11-14/h3,5,7,9,11,13,15,21,24H,4,6,8,10H2,1-2H3/t13-,15+/m1/s1. The highest BCUT2D eigenvalue weighted by molar-refractivity contribution is 7.10. The molecule has 0 saturated carbocycles. The van der Waals surface area contributed by atoms with Crippen molar-refractivity contribution < 1.29 is 0 Å². The Morgan fingerprint density at radius 1 is 1.20 bits per heavy atom. The minimum absolute atomic E-state index is 0.488. The average Bonchev–Trinajstić information content (AvgIpc) is 3.50. The summed E-state index contributed by atoms with van der Waals surface area (Å²) in [4.78, 5) is 7.53. The van der Waals surface area contributed by atoms with E-state index in [0.717, 1.165) is 58.7 Å². The Morgan fingerprint density at radius 2 is 2.13 bits per heavy atom. The fourth-order valence-corrected chi connectivity index (χ4v) is 5.26. The zero-order valence-corrected chi connectivity index (χ0v) is 17.7. The van der Waals surface area contributed by atoms with Gasteiger partial charge in [-0.15, -0.1) is 0 Å². The minimum atomic E-state index is 0.488. The first kappa shape index (κ1) is 17.8. The van der Waals surface area contributed by atoms with E-state index in [4.69, 9.17) is 4.98 Å². The number of hydrogen-bond donors (Lipinski definition) is 2. The fraction of sp³-hybridized carbons (Fsp3) is 0.400. The summed E-state index contributed by atoms with van der Waals surface area (Å²) in [6.45, 7) is 5.14. The van der Waals surface area contributed by atoms with Crippen LogP contribution in [0.1, 0.15) is 12.1 Å². The van der Waals surface area contributed by atoms with Gasteiger partial charge in [0.05, 0.1) is 18.1 Å². The van der Waals surface area contributed by atoms with Crippen LogP contribution in [0, 0.1) is 12.8 Å². The Balaban J connectivity index is 1.49. The summed E-state index contributed by atoms with van der Waals surface area (Å²) in [5, 5.41) is 17.0. The summed E-state index contributed by atoms with van der Waals surface area (Å²) in [5.74, 6) is 2.57. The predicted molar refractivity (Wildman–Crippen MR) is 117 cm³/mol. The third-order valence-electron chi connectivity index (χ3n) is 5.96. The molecule has 4 aromatic heterocycles. The average molecular weight is 422 g/mol. The van der Waals surface area contributed by atoms with Crippen molar-refractivity contribution in [1.82, 2.24) is 34.1 Å². The van der Waals surface area contributed by atoms with Gasteiger partial charge < -0.3 is 15.5 Å². The number of piperidine rings is 1. The van der Waals surface area contributed by atoms with E-state index in [1.54, 1.807) is 4.68 Å². The number of aromatic nitrogens is 6. The van der Waals surface area contributed by atoms with E-state index in [1.165, 1.54) is 18.0 Å². The highest BCUT2D eigenvalue weighted by Crippen LogP contribution is 2.34. The summed E-state index contributed by atoms with van der Waals surface area (Å²) in [7, 11) is 1.92. The maximum Gasteiger partial charge on any atom is 0.167 e. The smallest absolute Gasteiger partial charge is 0.167 e. The summed E-state index contributed by atoms with van der Waals surface area (Å²) in [6, 6.07) is 4.65. The van der Waals surface area contributed by atoms with Crippen LogP contribution in [0.15, 0.2) is 30.7 Å². The molecule has 2 aliphatic heterocycles. The number of fused-ring (bicyclic) bond motifs is 3. The third-order valence-corrected chi connectivity index (χ3v) is 6.76. The van der Waals surface area contributed by atoms with Crippen LogP contribution in [0.2, 0.25) is 0 Å². The van der Waals surface area contributed by atoms with E-state index in [1.807, 2.05) is 37.1 Å². The fourth-order valence-electron chi connectivity index (χ4n) is 4.59. The van der Waals surface area contributed by atoms with Crippen molar-refractivity contribution in [3.05, 3.63) is 36.4 Å². The lowest BCUT2D eigenvalue weighted by Crippen LogP contribution is -2.39. The van der Waals surface area contributed by atoms with Gasteiger partial charge >= 0.3 is 0 Å². The monoisotopic (exact) mass is 421 g/mol. The van der Waals surface area contributed by atoms with Crippen molar-refractivity contribution in [3.63, 3.8) is 0 Å². The van der Waals surface area contributed by atoms with E-state index in [2.05, 4.69) is 42.2 Å². The van der Waals surface area contributed by atoms with Gasteiger partial charge in [-0.3, -0.25) is 4.68 Å². The molecule has 30 heavy (non-hydrogen) atoms. The molecule has 9 nitrogen and oxygen atoms in total. The van der Waals surface area contributed by atoms with Gasteiger partial charge in [0.25, 0.3) is 0 Å². The van der Waals surface area contributed by atoms with Gasteiger partial charge in [-0.05, 0) is 43.4 Å².